The summed E-state index contributed by atoms with van der Waals surface area (Å²) in [6.07, 6.45) is -10.3. The topological polar surface area (TPSA) is 57.3 Å². The summed E-state index contributed by atoms with van der Waals surface area (Å²) in [5, 5.41) is 0. The van der Waals surface area contributed by atoms with Gasteiger partial charge in [0.25, 0.3) is 0 Å². The molecule has 0 aliphatic carbocycles. The molecule has 192 valence electrons. The first kappa shape index (κ1) is 29.4. The van der Waals surface area contributed by atoms with E-state index in [0.29, 0.717) is 13.0 Å². The van der Waals surface area contributed by atoms with Crippen molar-refractivity contribution in [3.63, 3.8) is 0 Å². The molecular formula is C22H32F6O5. The molecule has 5 unspecified atom stereocenters. The number of ether oxygens (including phenoxy) is 4. The van der Waals surface area contributed by atoms with Crippen molar-refractivity contribution < 1.29 is 50.1 Å². The molecule has 0 spiro atoms. The van der Waals surface area contributed by atoms with Crippen LogP contribution in [0.1, 0.15) is 47.0 Å². The molecule has 3 aliphatic heterocycles. The fourth-order valence-corrected chi connectivity index (χ4v) is 3.24. The molecule has 5 nitrogen and oxygen atoms in total. The van der Waals surface area contributed by atoms with Gasteiger partial charge in [-0.3, -0.25) is 0 Å². The van der Waals surface area contributed by atoms with E-state index in [-0.39, 0.29) is 37.7 Å². The van der Waals surface area contributed by atoms with Crippen molar-refractivity contribution >= 4 is 5.97 Å². The Morgan fingerprint density at radius 3 is 1.88 bits per heavy atom. The first-order chi connectivity index (χ1) is 15.0. The van der Waals surface area contributed by atoms with Gasteiger partial charge in [0.1, 0.15) is 17.6 Å². The van der Waals surface area contributed by atoms with Crippen molar-refractivity contribution in [3.05, 3.63) is 24.3 Å². The number of carbonyl (C=O) groups is 1. The van der Waals surface area contributed by atoms with E-state index >= 15 is 0 Å². The van der Waals surface area contributed by atoms with Crippen molar-refractivity contribution in [2.24, 2.45) is 5.92 Å². The van der Waals surface area contributed by atoms with E-state index in [9.17, 15) is 31.1 Å². The zero-order valence-electron chi connectivity index (χ0n) is 19.3. The average molecular weight is 490 g/mol. The number of rotatable bonds is 6. The minimum absolute atomic E-state index is 0.0565. The Morgan fingerprint density at radius 2 is 1.58 bits per heavy atom. The maximum Gasteiger partial charge on any atom is 0.414 e. The standard InChI is InChI=1S/C10H13F3O3.C8H11F3O2.C4H8/c1-6(2)9(14)15-4-3-7-5-8(16-7)10(11,12)13;1-2-7(6-4-12-6)5(3-13-7)8(9,10)11;1-4(2)3/h7-8H,1,3-5H2,2H3;5-6H,2-4H2,1H3;1H2,2-3H3. The van der Waals surface area contributed by atoms with Gasteiger partial charge in [0.15, 0.2) is 6.10 Å². The van der Waals surface area contributed by atoms with Crippen LogP contribution in [-0.4, -0.2) is 62.1 Å². The Balaban J connectivity index is 0.000000288. The second-order valence-corrected chi connectivity index (χ2v) is 8.47. The summed E-state index contributed by atoms with van der Waals surface area (Å²) < 4.78 is 92.7. The van der Waals surface area contributed by atoms with Gasteiger partial charge in [-0.25, -0.2) is 4.79 Å². The lowest BCUT2D eigenvalue weighted by Gasteiger charge is -2.48. The van der Waals surface area contributed by atoms with Crippen LogP contribution < -0.4 is 0 Å². The molecule has 0 N–H and O–H groups in total. The van der Waals surface area contributed by atoms with Crippen LogP contribution in [0.25, 0.3) is 0 Å². The molecule has 0 radical (unpaired) electrons. The Hall–Kier alpha value is -1.59. The van der Waals surface area contributed by atoms with Crippen LogP contribution in [0.3, 0.4) is 0 Å². The number of hydrogen-bond donors (Lipinski definition) is 0. The number of epoxide rings is 1. The van der Waals surface area contributed by atoms with E-state index in [4.69, 9.17) is 14.2 Å². The summed E-state index contributed by atoms with van der Waals surface area (Å²) in [5.41, 5.74) is 0.362. The van der Waals surface area contributed by atoms with Crippen molar-refractivity contribution in [2.45, 2.75) is 83.2 Å². The molecule has 5 atom stereocenters. The molecule has 0 aromatic heterocycles. The number of allylic oxidation sites excluding steroid dienone is 1. The molecule has 3 rings (SSSR count). The summed E-state index contributed by atoms with van der Waals surface area (Å²) in [5.74, 6) is -1.87. The van der Waals surface area contributed by atoms with Gasteiger partial charge in [-0.05, 0) is 27.2 Å². The first-order valence-electron chi connectivity index (χ1n) is 10.5. The molecule has 3 fully saturated rings. The third-order valence-electron chi connectivity index (χ3n) is 5.15. The molecule has 11 heteroatoms. The molecule has 0 aromatic rings. The highest BCUT2D eigenvalue weighted by Gasteiger charge is 2.66. The number of alkyl halides is 6. The lowest BCUT2D eigenvalue weighted by atomic mass is 9.77. The predicted octanol–water partition coefficient (Wildman–Crippen LogP) is 5.54. The molecule has 3 saturated heterocycles. The quantitative estimate of drug-likeness (QED) is 0.161. The Bertz CT molecular complexity index is 672. The Morgan fingerprint density at radius 1 is 1.06 bits per heavy atom. The van der Waals surface area contributed by atoms with E-state index in [2.05, 4.69) is 17.9 Å². The van der Waals surface area contributed by atoms with Gasteiger partial charge >= 0.3 is 18.3 Å². The minimum atomic E-state index is -4.29. The zero-order chi connectivity index (χ0) is 25.6. The van der Waals surface area contributed by atoms with Crippen LogP contribution in [-0.2, 0) is 23.7 Å². The Kier molecular flexibility index (Phi) is 10.4. The predicted molar refractivity (Wildman–Crippen MR) is 108 cm³/mol. The second kappa shape index (κ2) is 11.7. The molecule has 3 aliphatic rings. The van der Waals surface area contributed by atoms with Crippen LogP contribution in [0.4, 0.5) is 26.3 Å². The van der Waals surface area contributed by atoms with E-state index in [1.54, 1.807) is 6.92 Å². The van der Waals surface area contributed by atoms with Crippen LogP contribution in [0.5, 0.6) is 0 Å². The van der Waals surface area contributed by atoms with Gasteiger partial charge in [0.05, 0.1) is 25.9 Å². The van der Waals surface area contributed by atoms with Gasteiger partial charge < -0.3 is 18.9 Å². The average Bonchev–Trinajstić information content (AvgIpc) is 3.39. The fraction of sp³-hybridized carbons (Fsp3) is 0.773. The Labute approximate surface area is 190 Å². The second-order valence-electron chi connectivity index (χ2n) is 8.47. The SMILES string of the molecule is C=C(C)C.C=C(C)C(=O)OCCC1CC(C(F)(F)F)O1.CCC1(C2CO2)OCC1C(F)(F)F. The molecule has 33 heavy (non-hydrogen) atoms. The van der Waals surface area contributed by atoms with Gasteiger partial charge in [-0.1, -0.05) is 19.1 Å². The van der Waals surface area contributed by atoms with E-state index < -0.39 is 42.0 Å². The molecular weight excluding hydrogens is 458 g/mol. The molecule has 0 aromatic carbocycles. The van der Waals surface area contributed by atoms with E-state index in [1.807, 2.05) is 13.8 Å². The monoisotopic (exact) mass is 490 g/mol. The number of halogens is 6. The summed E-state index contributed by atoms with van der Waals surface area (Å²) in [6.45, 7) is 14.3. The summed E-state index contributed by atoms with van der Waals surface area (Å²) in [6, 6.07) is 0. The fourth-order valence-electron chi connectivity index (χ4n) is 3.24. The van der Waals surface area contributed by atoms with Gasteiger partial charge in [-0.2, -0.15) is 26.3 Å². The smallest absolute Gasteiger partial charge is 0.414 e. The van der Waals surface area contributed by atoms with Crippen molar-refractivity contribution in [1.82, 2.24) is 0 Å². The van der Waals surface area contributed by atoms with Crippen LogP contribution in [0.15, 0.2) is 24.3 Å². The van der Waals surface area contributed by atoms with Gasteiger partial charge in [0.2, 0.25) is 0 Å². The summed E-state index contributed by atoms with van der Waals surface area (Å²) >= 11 is 0. The van der Waals surface area contributed by atoms with E-state index in [1.165, 1.54) is 12.5 Å². The highest BCUT2D eigenvalue weighted by Crippen LogP contribution is 2.51. The summed E-state index contributed by atoms with van der Waals surface area (Å²) in [4.78, 5) is 10.9. The third kappa shape index (κ3) is 8.94. The van der Waals surface area contributed by atoms with Crippen LogP contribution >= 0.6 is 0 Å². The normalized spacial score (nSPS) is 30.2. The van der Waals surface area contributed by atoms with Crippen molar-refractivity contribution in [2.75, 3.05) is 19.8 Å². The van der Waals surface area contributed by atoms with Gasteiger partial charge in [0, 0.05) is 18.4 Å². The lowest BCUT2D eigenvalue weighted by Crippen LogP contribution is -2.62. The number of carbonyl (C=O) groups excluding carboxylic acids is 1. The van der Waals surface area contributed by atoms with Crippen molar-refractivity contribution in [3.8, 4) is 0 Å². The van der Waals surface area contributed by atoms with Crippen molar-refractivity contribution in [1.29, 1.82) is 0 Å². The minimum Gasteiger partial charge on any atom is -0.462 e. The highest BCUT2D eigenvalue weighted by atomic mass is 19.4. The first-order valence-corrected chi connectivity index (χ1v) is 10.5. The molecule has 3 heterocycles. The molecule has 0 saturated carbocycles. The zero-order valence-corrected chi connectivity index (χ0v) is 19.3. The van der Waals surface area contributed by atoms with E-state index in [0.717, 1.165) is 0 Å². The maximum atomic E-state index is 12.4. The largest absolute Gasteiger partial charge is 0.462 e. The van der Waals surface area contributed by atoms with Crippen LogP contribution in [0.2, 0.25) is 0 Å². The summed E-state index contributed by atoms with van der Waals surface area (Å²) in [7, 11) is 0. The van der Waals surface area contributed by atoms with Crippen LogP contribution in [0, 0.1) is 5.92 Å². The number of hydrogen-bond acceptors (Lipinski definition) is 5. The molecule has 0 bridgehead atoms. The number of esters is 1. The highest BCUT2D eigenvalue weighted by molar-refractivity contribution is 5.86. The van der Waals surface area contributed by atoms with Gasteiger partial charge in [-0.15, -0.1) is 6.58 Å². The third-order valence-corrected chi connectivity index (χ3v) is 5.15. The lowest BCUT2D eigenvalue weighted by molar-refractivity contribution is -0.324. The maximum absolute atomic E-state index is 12.4. The molecule has 0 amide bonds.